The first-order chi connectivity index (χ1) is 12.2. The standard InChI is InChI=1S/C16H22N4O6/c17-10(8-21)14(23)19-11(7-13(18)22)15(24)20-12(16(25)26)6-9-4-2-1-3-5-9/h1-5,10-12,21H,6-8,17H2,(H2,18,22)(H,19,23)(H,20,24)(H,25,26). The molecule has 0 aliphatic rings. The molecule has 0 bridgehead atoms. The minimum Gasteiger partial charge on any atom is -0.480 e. The number of hydrogen-bond donors (Lipinski definition) is 6. The third-order valence-electron chi connectivity index (χ3n) is 3.47. The van der Waals surface area contributed by atoms with Crippen LogP contribution in [-0.2, 0) is 25.6 Å². The van der Waals surface area contributed by atoms with Crippen LogP contribution in [0, 0.1) is 0 Å². The smallest absolute Gasteiger partial charge is 0.326 e. The first-order valence-electron chi connectivity index (χ1n) is 7.76. The Labute approximate surface area is 149 Å². The van der Waals surface area contributed by atoms with E-state index in [2.05, 4.69) is 10.6 Å². The molecule has 0 radical (unpaired) electrons. The van der Waals surface area contributed by atoms with Crippen molar-refractivity contribution in [2.75, 3.05) is 6.61 Å². The summed E-state index contributed by atoms with van der Waals surface area (Å²) in [7, 11) is 0. The molecule has 0 spiro atoms. The molecular formula is C16H22N4O6. The van der Waals surface area contributed by atoms with E-state index in [0.29, 0.717) is 5.56 Å². The molecule has 8 N–H and O–H groups in total. The van der Waals surface area contributed by atoms with Gasteiger partial charge in [-0.3, -0.25) is 14.4 Å². The van der Waals surface area contributed by atoms with Crippen molar-refractivity contribution in [3.8, 4) is 0 Å². The van der Waals surface area contributed by atoms with Crippen molar-refractivity contribution in [2.45, 2.75) is 31.0 Å². The molecule has 10 nitrogen and oxygen atoms in total. The zero-order valence-electron chi connectivity index (χ0n) is 13.9. The van der Waals surface area contributed by atoms with E-state index in [1.165, 1.54) is 0 Å². The van der Waals surface area contributed by atoms with E-state index in [0.717, 1.165) is 0 Å². The number of carbonyl (C=O) groups is 4. The maximum atomic E-state index is 12.3. The lowest BCUT2D eigenvalue weighted by molar-refractivity contribution is -0.142. The van der Waals surface area contributed by atoms with E-state index in [4.69, 9.17) is 16.6 Å². The lowest BCUT2D eigenvalue weighted by Gasteiger charge is -2.21. The summed E-state index contributed by atoms with van der Waals surface area (Å²) in [6.45, 7) is -0.664. The van der Waals surface area contributed by atoms with Crippen molar-refractivity contribution in [2.24, 2.45) is 11.5 Å². The predicted molar refractivity (Wildman–Crippen MR) is 90.5 cm³/mol. The Hall–Kier alpha value is -2.98. The number of hydrogen-bond acceptors (Lipinski definition) is 6. The quantitative estimate of drug-likeness (QED) is 0.264. The van der Waals surface area contributed by atoms with Gasteiger partial charge in [0.25, 0.3) is 0 Å². The van der Waals surface area contributed by atoms with Crippen LogP contribution in [0.15, 0.2) is 30.3 Å². The van der Waals surface area contributed by atoms with Gasteiger partial charge in [-0.05, 0) is 5.56 Å². The van der Waals surface area contributed by atoms with Crippen LogP contribution in [0.3, 0.4) is 0 Å². The molecule has 26 heavy (non-hydrogen) atoms. The van der Waals surface area contributed by atoms with Crippen molar-refractivity contribution in [3.05, 3.63) is 35.9 Å². The normalized spacial score (nSPS) is 13.9. The second kappa shape index (κ2) is 10.1. The van der Waals surface area contributed by atoms with Crippen LogP contribution in [0.2, 0.25) is 0 Å². The van der Waals surface area contributed by atoms with Gasteiger partial charge in [-0.2, -0.15) is 0 Å². The third-order valence-corrected chi connectivity index (χ3v) is 3.47. The molecule has 3 amide bonds. The summed E-state index contributed by atoms with van der Waals surface area (Å²) in [5.41, 5.74) is 11.1. The Morgan fingerprint density at radius 3 is 2.08 bits per heavy atom. The number of nitrogens with one attached hydrogen (secondary N) is 2. The van der Waals surface area contributed by atoms with E-state index in [1.54, 1.807) is 30.3 Å². The highest BCUT2D eigenvalue weighted by molar-refractivity contribution is 5.94. The van der Waals surface area contributed by atoms with Crippen LogP contribution in [0.5, 0.6) is 0 Å². The van der Waals surface area contributed by atoms with E-state index < -0.39 is 54.8 Å². The van der Waals surface area contributed by atoms with Crippen LogP contribution >= 0.6 is 0 Å². The number of benzene rings is 1. The van der Waals surface area contributed by atoms with E-state index in [9.17, 15) is 24.3 Å². The van der Waals surface area contributed by atoms with Gasteiger partial charge in [0.1, 0.15) is 18.1 Å². The first kappa shape index (κ1) is 21.1. The fourth-order valence-corrected chi connectivity index (χ4v) is 2.09. The summed E-state index contributed by atoms with van der Waals surface area (Å²) in [4.78, 5) is 46.6. The van der Waals surface area contributed by atoms with Gasteiger partial charge in [0, 0.05) is 6.42 Å². The highest BCUT2D eigenvalue weighted by atomic mass is 16.4. The molecular weight excluding hydrogens is 344 g/mol. The number of carboxylic acids is 1. The largest absolute Gasteiger partial charge is 0.480 e. The highest BCUT2D eigenvalue weighted by Gasteiger charge is 2.29. The van der Waals surface area contributed by atoms with Crippen LogP contribution < -0.4 is 22.1 Å². The summed E-state index contributed by atoms with van der Waals surface area (Å²) in [6.07, 6.45) is -0.539. The van der Waals surface area contributed by atoms with Gasteiger partial charge in [0.2, 0.25) is 17.7 Å². The Bertz CT molecular complexity index is 651. The molecule has 3 atom stereocenters. The minimum atomic E-state index is -1.41. The van der Waals surface area contributed by atoms with Crippen molar-refractivity contribution in [1.29, 1.82) is 0 Å². The fraction of sp³-hybridized carbons (Fsp3) is 0.375. The van der Waals surface area contributed by atoms with E-state index >= 15 is 0 Å². The van der Waals surface area contributed by atoms with Gasteiger partial charge < -0.3 is 32.3 Å². The molecule has 0 heterocycles. The van der Waals surface area contributed by atoms with Crippen molar-refractivity contribution in [3.63, 3.8) is 0 Å². The van der Waals surface area contributed by atoms with Gasteiger partial charge in [-0.25, -0.2) is 4.79 Å². The van der Waals surface area contributed by atoms with Crippen LogP contribution in [0.25, 0.3) is 0 Å². The molecule has 0 aliphatic carbocycles. The second-order valence-electron chi connectivity index (χ2n) is 5.61. The highest BCUT2D eigenvalue weighted by Crippen LogP contribution is 2.04. The van der Waals surface area contributed by atoms with Gasteiger partial charge >= 0.3 is 5.97 Å². The molecule has 142 valence electrons. The number of carbonyl (C=O) groups excluding carboxylic acids is 3. The maximum Gasteiger partial charge on any atom is 0.326 e. The number of nitrogens with two attached hydrogens (primary N) is 2. The predicted octanol–water partition coefficient (Wildman–Crippen LogP) is -2.52. The third kappa shape index (κ3) is 6.87. The van der Waals surface area contributed by atoms with Crippen LogP contribution in [0.4, 0.5) is 0 Å². The molecule has 0 saturated heterocycles. The number of amides is 3. The summed E-state index contributed by atoms with van der Waals surface area (Å²) >= 11 is 0. The molecule has 0 saturated carbocycles. The molecule has 1 rings (SSSR count). The second-order valence-corrected chi connectivity index (χ2v) is 5.61. The zero-order chi connectivity index (χ0) is 19.7. The average Bonchev–Trinajstić information content (AvgIpc) is 2.60. The first-order valence-corrected chi connectivity index (χ1v) is 7.76. The van der Waals surface area contributed by atoms with E-state index in [1.807, 2.05) is 0 Å². The number of aliphatic hydroxyl groups excluding tert-OH is 1. The molecule has 0 aromatic heterocycles. The number of carboxylic acid groups (broad SMARTS) is 1. The molecule has 0 fully saturated rings. The number of aliphatic hydroxyl groups is 1. The van der Waals surface area contributed by atoms with Crippen molar-refractivity contribution in [1.82, 2.24) is 10.6 Å². The lowest BCUT2D eigenvalue weighted by atomic mass is 10.0. The Morgan fingerprint density at radius 1 is 1.00 bits per heavy atom. The van der Waals surface area contributed by atoms with Crippen LogP contribution in [0.1, 0.15) is 12.0 Å². The van der Waals surface area contributed by atoms with Gasteiger partial charge in [-0.15, -0.1) is 0 Å². The summed E-state index contributed by atoms with van der Waals surface area (Å²) in [5.74, 6) is -3.93. The van der Waals surface area contributed by atoms with Gasteiger partial charge in [0.15, 0.2) is 0 Å². The Morgan fingerprint density at radius 2 is 1.58 bits per heavy atom. The maximum absolute atomic E-state index is 12.3. The monoisotopic (exact) mass is 366 g/mol. The number of primary amides is 1. The molecule has 1 aromatic carbocycles. The molecule has 0 aliphatic heterocycles. The number of rotatable bonds is 10. The van der Waals surface area contributed by atoms with Gasteiger partial charge in [0.05, 0.1) is 13.0 Å². The number of aliphatic carboxylic acids is 1. The fourth-order valence-electron chi connectivity index (χ4n) is 2.09. The average molecular weight is 366 g/mol. The lowest BCUT2D eigenvalue weighted by Crippen LogP contribution is -2.56. The van der Waals surface area contributed by atoms with Crippen molar-refractivity contribution < 1.29 is 29.4 Å². The Balaban J connectivity index is 2.85. The van der Waals surface area contributed by atoms with Crippen molar-refractivity contribution >= 4 is 23.7 Å². The topological polar surface area (TPSA) is 185 Å². The van der Waals surface area contributed by atoms with E-state index in [-0.39, 0.29) is 6.42 Å². The SMILES string of the molecule is NC(=O)CC(NC(=O)C(N)CO)C(=O)NC(Cc1ccccc1)C(=O)O. The zero-order valence-corrected chi connectivity index (χ0v) is 13.9. The van der Waals surface area contributed by atoms with Gasteiger partial charge in [-0.1, -0.05) is 30.3 Å². The summed E-state index contributed by atoms with van der Waals surface area (Å²) < 4.78 is 0. The summed E-state index contributed by atoms with van der Waals surface area (Å²) in [5, 5.41) is 22.6. The minimum absolute atomic E-state index is 0.00923. The Kier molecular flexibility index (Phi) is 8.19. The molecule has 3 unspecified atom stereocenters. The molecule has 10 heteroatoms. The summed E-state index contributed by atoms with van der Waals surface area (Å²) in [6, 6.07) is 4.64. The van der Waals surface area contributed by atoms with Crippen LogP contribution in [-0.4, -0.2) is 58.6 Å². The molecule has 1 aromatic rings.